The molecule has 2 fully saturated rings. The second-order valence-corrected chi connectivity index (χ2v) is 3.99. The first-order chi connectivity index (χ1) is 7.16. The van der Waals surface area contributed by atoms with Crippen LogP contribution in [-0.2, 0) is 9.47 Å². The lowest BCUT2D eigenvalue weighted by molar-refractivity contribution is -0.182. The van der Waals surface area contributed by atoms with Crippen molar-refractivity contribution < 1.29 is 9.47 Å². The van der Waals surface area contributed by atoms with Gasteiger partial charge in [0.25, 0.3) is 5.91 Å². The average Bonchev–Trinajstić information content (AvgIpc) is 2.67. The van der Waals surface area contributed by atoms with Crippen LogP contribution in [0.15, 0.2) is 4.99 Å². The highest BCUT2D eigenvalue weighted by molar-refractivity contribution is 5.97. The van der Waals surface area contributed by atoms with Crippen LogP contribution in [0.1, 0.15) is 6.42 Å². The van der Waals surface area contributed by atoms with E-state index < -0.39 is 16.7 Å². The Morgan fingerprint density at radius 3 is 2.40 bits per heavy atom. The number of fused-ring (bicyclic) bond motifs is 2. The van der Waals surface area contributed by atoms with Crippen molar-refractivity contribution in [3.05, 3.63) is 0 Å². The molecular weight excluding hydrogens is 196 g/mol. The Kier molecular flexibility index (Phi) is 1.23. The lowest BCUT2D eigenvalue weighted by atomic mass is 9.94. The van der Waals surface area contributed by atoms with E-state index in [4.69, 9.17) is 20.5 Å². The molecule has 0 amide bonds. The van der Waals surface area contributed by atoms with Crippen molar-refractivity contribution in [2.24, 2.45) is 21.6 Å². The topological polar surface area (TPSA) is 104 Å². The molecule has 1 saturated carbocycles. The fourth-order valence-electron chi connectivity index (χ4n) is 2.50. The van der Waals surface area contributed by atoms with Crippen molar-refractivity contribution in [2.75, 3.05) is 13.2 Å². The highest BCUT2D eigenvalue weighted by atomic mass is 16.8. The van der Waals surface area contributed by atoms with Crippen molar-refractivity contribution in [1.29, 1.82) is 10.5 Å². The molecule has 3 rings (SSSR count). The molecule has 0 bridgehead atoms. The number of amidine groups is 1. The minimum absolute atomic E-state index is 0.161. The lowest BCUT2D eigenvalue weighted by Crippen LogP contribution is -2.37. The van der Waals surface area contributed by atoms with E-state index in [1.54, 1.807) is 0 Å². The summed E-state index contributed by atoms with van der Waals surface area (Å²) in [6.45, 7) is 0.753. The molecule has 1 spiro atoms. The van der Waals surface area contributed by atoms with Crippen LogP contribution in [0, 0.1) is 33.5 Å². The minimum Gasteiger partial charge on any atom is -0.386 e. The number of ether oxygens (including phenoxy) is 2. The molecule has 2 N–H and O–H groups in total. The maximum absolute atomic E-state index is 9.22. The molecule has 3 aliphatic rings. The SMILES string of the molecule is N#C[C@@]12C[C@]1(C#N)C1(N=C2N)OCCO1. The maximum Gasteiger partial charge on any atom is 0.292 e. The van der Waals surface area contributed by atoms with Gasteiger partial charge in [-0.1, -0.05) is 0 Å². The summed E-state index contributed by atoms with van der Waals surface area (Å²) in [6.07, 6.45) is 0.350. The number of hydrogen-bond acceptors (Lipinski definition) is 6. The minimum atomic E-state index is -1.32. The normalized spacial score (nSPS) is 44.3. The van der Waals surface area contributed by atoms with Crippen LogP contribution in [-0.4, -0.2) is 25.0 Å². The molecule has 2 heterocycles. The Morgan fingerprint density at radius 2 is 1.93 bits per heavy atom. The molecule has 2 aliphatic heterocycles. The monoisotopic (exact) mass is 204 g/mol. The number of nitriles is 2. The number of aliphatic imine (C=N–C) groups is 1. The van der Waals surface area contributed by atoms with Crippen LogP contribution < -0.4 is 5.73 Å². The zero-order valence-electron chi connectivity index (χ0n) is 7.86. The van der Waals surface area contributed by atoms with Crippen LogP contribution in [0.3, 0.4) is 0 Å². The smallest absolute Gasteiger partial charge is 0.292 e. The Balaban J connectivity index is 2.17. The summed E-state index contributed by atoms with van der Waals surface area (Å²) in [5.74, 6) is -1.16. The molecule has 0 unspecified atom stereocenters. The summed E-state index contributed by atoms with van der Waals surface area (Å²) in [7, 11) is 0. The molecule has 0 aromatic carbocycles. The summed E-state index contributed by atoms with van der Waals surface area (Å²) in [6, 6.07) is 4.17. The van der Waals surface area contributed by atoms with Gasteiger partial charge in [-0.25, -0.2) is 4.99 Å². The largest absolute Gasteiger partial charge is 0.386 e. The fourth-order valence-corrected chi connectivity index (χ4v) is 2.50. The van der Waals surface area contributed by atoms with Gasteiger partial charge in [0.05, 0.1) is 25.4 Å². The van der Waals surface area contributed by atoms with Gasteiger partial charge in [0, 0.05) is 6.42 Å². The predicted octanol–water partition coefficient (Wildman–Crippen LogP) is -0.519. The fraction of sp³-hybridized carbons (Fsp3) is 0.667. The van der Waals surface area contributed by atoms with E-state index in [0.29, 0.717) is 19.6 Å². The first kappa shape index (κ1) is 8.66. The third-order valence-electron chi connectivity index (χ3n) is 3.44. The van der Waals surface area contributed by atoms with E-state index in [9.17, 15) is 5.26 Å². The van der Waals surface area contributed by atoms with E-state index in [-0.39, 0.29) is 5.84 Å². The van der Waals surface area contributed by atoms with Gasteiger partial charge in [-0.15, -0.1) is 0 Å². The van der Waals surface area contributed by atoms with Crippen LogP contribution in [0.2, 0.25) is 0 Å². The third kappa shape index (κ3) is 0.619. The second-order valence-electron chi connectivity index (χ2n) is 3.99. The molecule has 0 aromatic heterocycles. The molecule has 6 heteroatoms. The molecule has 76 valence electrons. The number of hydrogen-bond donors (Lipinski definition) is 1. The summed E-state index contributed by atoms with van der Waals surface area (Å²) in [5, 5.41) is 18.3. The summed E-state index contributed by atoms with van der Waals surface area (Å²) in [4.78, 5) is 4.04. The Hall–Kier alpha value is -1.63. The van der Waals surface area contributed by atoms with Gasteiger partial charge in [0.2, 0.25) is 0 Å². The van der Waals surface area contributed by atoms with Crippen molar-refractivity contribution in [3.63, 3.8) is 0 Å². The number of nitrogens with zero attached hydrogens (tertiary/aromatic N) is 3. The Morgan fingerprint density at radius 1 is 1.27 bits per heavy atom. The quantitative estimate of drug-likeness (QED) is 0.571. The summed E-state index contributed by atoms with van der Waals surface area (Å²) >= 11 is 0. The van der Waals surface area contributed by atoms with Crippen molar-refractivity contribution in [1.82, 2.24) is 0 Å². The van der Waals surface area contributed by atoms with Gasteiger partial charge in [0.15, 0.2) is 5.41 Å². The molecule has 1 aliphatic carbocycles. The summed E-state index contributed by atoms with van der Waals surface area (Å²) < 4.78 is 10.8. The first-order valence-electron chi connectivity index (χ1n) is 4.63. The highest BCUT2D eigenvalue weighted by Crippen LogP contribution is 2.74. The van der Waals surface area contributed by atoms with Gasteiger partial charge in [-0.2, -0.15) is 10.5 Å². The Labute approximate surface area is 85.9 Å². The van der Waals surface area contributed by atoms with E-state index >= 15 is 0 Å². The van der Waals surface area contributed by atoms with Gasteiger partial charge in [-0.05, 0) is 0 Å². The maximum atomic E-state index is 9.22. The van der Waals surface area contributed by atoms with Gasteiger partial charge in [0.1, 0.15) is 11.3 Å². The molecule has 6 nitrogen and oxygen atoms in total. The number of nitrogens with two attached hydrogens (primary N) is 1. The van der Waals surface area contributed by atoms with Gasteiger partial charge in [-0.3, -0.25) is 0 Å². The van der Waals surface area contributed by atoms with Crippen molar-refractivity contribution in [3.8, 4) is 12.1 Å². The van der Waals surface area contributed by atoms with Gasteiger partial charge >= 0.3 is 0 Å². The molecule has 0 aromatic rings. The van der Waals surface area contributed by atoms with Crippen LogP contribution >= 0.6 is 0 Å². The van der Waals surface area contributed by atoms with Crippen molar-refractivity contribution in [2.45, 2.75) is 12.3 Å². The van der Waals surface area contributed by atoms with Gasteiger partial charge < -0.3 is 15.2 Å². The Bertz CT molecular complexity index is 454. The standard InChI is InChI=1S/C9H8N4O2/c10-4-7-3-8(7,5-11)9(13-6(7)12)14-1-2-15-9/h1-3H2,(H2,12,13)/t7-,8-/m1/s1. The zero-order valence-corrected chi connectivity index (χ0v) is 7.86. The van der Waals surface area contributed by atoms with E-state index in [0.717, 1.165) is 0 Å². The third-order valence-corrected chi connectivity index (χ3v) is 3.44. The molecular formula is C9H8N4O2. The number of rotatable bonds is 0. The second kappa shape index (κ2) is 2.13. The molecule has 0 radical (unpaired) electrons. The predicted molar refractivity (Wildman–Crippen MR) is 47.0 cm³/mol. The van der Waals surface area contributed by atoms with E-state index in [1.165, 1.54) is 0 Å². The molecule has 15 heavy (non-hydrogen) atoms. The van der Waals surface area contributed by atoms with E-state index in [1.807, 2.05) is 0 Å². The summed E-state index contributed by atoms with van der Waals surface area (Å²) in [5.41, 5.74) is 3.67. The highest BCUT2D eigenvalue weighted by Gasteiger charge is 2.87. The first-order valence-corrected chi connectivity index (χ1v) is 4.63. The zero-order chi connectivity index (χ0) is 10.7. The lowest BCUT2D eigenvalue weighted by Gasteiger charge is -2.23. The molecule has 1 saturated heterocycles. The van der Waals surface area contributed by atoms with Crippen molar-refractivity contribution >= 4 is 5.84 Å². The van der Waals surface area contributed by atoms with Crippen LogP contribution in [0.25, 0.3) is 0 Å². The van der Waals surface area contributed by atoms with Crippen LogP contribution in [0.4, 0.5) is 0 Å². The molecule has 2 atom stereocenters. The van der Waals surface area contributed by atoms with Crippen LogP contribution in [0.5, 0.6) is 0 Å². The van der Waals surface area contributed by atoms with E-state index in [2.05, 4.69) is 17.1 Å². The average molecular weight is 204 g/mol.